The van der Waals surface area contributed by atoms with E-state index in [0.29, 0.717) is 26.3 Å². The minimum Gasteiger partial charge on any atom is -0.462 e. The lowest BCUT2D eigenvalue weighted by molar-refractivity contribution is 0.0531. The van der Waals surface area contributed by atoms with Crippen molar-refractivity contribution in [2.75, 3.05) is 11.3 Å². The standard InChI is InChI=1S/C19H17N3O4S2/c1-3-26-19(23)17-11(2)15-9-14(10-21-18(15)27-17)28(24,25)22-13-4-5-16-12(8-13)6-7-20-16/h4-10,20,22H,3H2,1-2H3. The molecule has 0 aliphatic rings. The van der Waals surface area contributed by atoms with Crippen LogP contribution in [0.4, 0.5) is 5.69 Å². The number of carbonyl (C=O) groups excluding carboxylic acids is 1. The van der Waals surface area contributed by atoms with Crippen molar-refractivity contribution in [3.05, 3.63) is 53.2 Å². The first-order valence-corrected chi connectivity index (χ1v) is 10.9. The molecule has 4 rings (SSSR count). The van der Waals surface area contributed by atoms with Gasteiger partial charge in [-0.25, -0.2) is 18.2 Å². The number of aryl methyl sites for hydroxylation is 1. The van der Waals surface area contributed by atoms with E-state index in [2.05, 4.69) is 14.7 Å². The Labute approximate surface area is 165 Å². The minimum absolute atomic E-state index is 0.0328. The third-order valence-electron chi connectivity index (χ3n) is 4.35. The van der Waals surface area contributed by atoms with Gasteiger partial charge in [-0.1, -0.05) is 0 Å². The molecule has 4 aromatic rings. The van der Waals surface area contributed by atoms with Gasteiger partial charge in [-0.3, -0.25) is 4.72 Å². The average molecular weight is 415 g/mol. The van der Waals surface area contributed by atoms with Crippen molar-refractivity contribution in [1.82, 2.24) is 9.97 Å². The van der Waals surface area contributed by atoms with E-state index in [1.54, 1.807) is 32.2 Å². The molecule has 0 radical (unpaired) electrons. The third kappa shape index (κ3) is 3.23. The lowest BCUT2D eigenvalue weighted by atomic mass is 10.2. The van der Waals surface area contributed by atoms with E-state index in [1.165, 1.54) is 23.6 Å². The van der Waals surface area contributed by atoms with Crippen LogP contribution >= 0.6 is 11.3 Å². The van der Waals surface area contributed by atoms with Gasteiger partial charge in [0.15, 0.2) is 0 Å². The number of fused-ring (bicyclic) bond motifs is 2. The average Bonchev–Trinajstić information content (AvgIpc) is 3.25. The van der Waals surface area contributed by atoms with Crippen LogP contribution in [-0.2, 0) is 14.8 Å². The summed E-state index contributed by atoms with van der Waals surface area (Å²) in [5, 5.41) is 1.53. The topological polar surface area (TPSA) is 101 Å². The first-order chi connectivity index (χ1) is 13.4. The van der Waals surface area contributed by atoms with Gasteiger partial charge in [0.05, 0.1) is 6.61 Å². The summed E-state index contributed by atoms with van der Waals surface area (Å²) in [4.78, 5) is 20.4. The van der Waals surface area contributed by atoms with Crippen molar-refractivity contribution in [3.63, 3.8) is 0 Å². The van der Waals surface area contributed by atoms with Crippen molar-refractivity contribution in [2.45, 2.75) is 18.7 Å². The lowest BCUT2D eigenvalue weighted by Crippen LogP contribution is -2.13. The Morgan fingerprint density at radius 3 is 2.89 bits per heavy atom. The van der Waals surface area contributed by atoms with Crippen LogP contribution in [0.2, 0.25) is 0 Å². The Balaban J connectivity index is 1.70. The van der Waals surface area contributed by atoms with Crippen LogP contribution in [0.15, 0.2) is 47.6 Å². The van der Waals surface area contributed by atoms with Gasteiger partial charge in [0.2, 0.25) is 0 Å². The number of hydrogen-bond acceptors (Lipinski definition) is 6. The summed E-state index contributed by atoms with van der Waals surface area (Å²) in [6.07, 6.45) is 3.09. The van der Waals surface area contributed by atoms with Crippen LogP contribution in [0.25, 0.3) is 21.1 Å². The van der Waals surface area contributed by atoms with Crippen LogP contribution in [0.1, 0.15) is 22.2 Å². The number of nitrogens with one attached hydrogen (secondary N) is 2. The second kappa shape index (κ2) is 6.92. The van der Waals surface area contributed by atoms with Gasteiger partial charge >= 0.3 is 5.97 Å². The first-order valence-electron chi connectivity index (χ1n) is 8.55. The number of nitrogens with zero attached hydrogens (tertiary/aromatic N) is 1. The Kier molecular flexibility index (Phi) is 4.56. The first kappa shape index (κ1) is 18.5. The second-order valence-electron chi connectivity index (χ2n) is 6.19. The molecule has 0 unspecified atom stereocenters. The van der Waals surface area contributed by atoms with Gasteiger partial charge in [0.1, 0.15) is 14.6 Å². The molecule has 0 spiro atoms. The van der Waals surface area contributed by atoms with Crippen LogP contribution < -0.4 is 4.72 Å². The van der Waals surface area contributed by atoms with E-state index in [-0.39, 0.29) is 11.5 Å². The normalized spacial score (nSPS) is 11.8. The van der Waals surface area contributed by atoms with Gasteiger partial charge in [0, 0.05) is 34.4 Å². The number of benzene rings is 1. The SMILES string of the molecule is CCOC(=O)c1sc2ncc(S(=O)(=O)Nc3ccc4[nH]ccc4c3)cc2c1C. The van der Waals surface area contributed by atoms with E-state index in [1.807, 2.05) is 12.1 Å². The number of rotatable bonds is 5. The zero-order valence-electron chi connectivity index (χ0n) is 15.1. The molecule has 28 heavy (non-hydrogen) atoms. The van der Waals surface area contributed by atoms with Gasteiger partial charge < -0.3 is 9.72 Å². The van der Waals surface area contributed by atoms with E-state index in [4.69, 9.17) is 4.74 Å². The fourth-order valence-electron chi connectivity index (χ4n) is 2.95. The van der Waals surface area contributed by atoms with Crippen molar-refractivity contribution >= 4 is 54.1 Å². The lowest BCUT2D eigenvalue weighted by Gasteiger charge is -2.08. The molecule has 0 atom stereocenters. The van der Waals surface area contributed by atoms with E-state index in [9.17, 15) is 13.2 Å². The Bertz CT molecular complexity index is 1310. The summed E-state index contributed by atoms with van der Waals surface area (Å²) >= 11 is 1.19. The second-order valence-corrected chi connectivity index (χ2v) is 8.87. The van der Waals surface area contributed by atoms with Gasteiger partial charge in [-0.2, -0.15) is 0 Å². The number of pyridine rings is 1. The largest absolute Gasteiger partial charge is 0.462 e. The molecule has 3 aromatic heterocycles. The van der Waals surface area contributed by atoms with Crippen molar-refractivity contribution in [1.29, 1.82) is 0 Å². The van der Waals surface area contributed by atoms with Crippen LogP contribution in [0.3, 0.4) is 0 Å². The van der Waals surface area contributed by atoms with E-state index >= 15 is 0 Å². The smallest absolute Gasteiger partial charge is 0.348 e. The summed E-state index contributed by atoms with van der Waals surface area (Å²) in [6.45, 7) is 3.77. The fraction of sp³-hybridized carbons (Fsp3) is 0.158. The molecule has 3 heterocycles. The van der Waals surface area contributed by atoms with Crippen molar-refractivity contribution in [2.24, 2.45) is 0 Å². The highest BCUT2D eigenvalue weighted by atomic mass is 32.2. The predicted molar refractivity (Wildman–Crippen MR) is 109 cm³/mol. The molecule has 0 aliphatic heterocycles. The fourth-order valence-corrected chi connectivity index (χ4v) is 4.99. The Hall–Kier alpha value is -2.91. The van der Waals surface area contributed by atoms with Gasteiger partial charge in [0.25, 0.3) is 10.0 Å². The minimum atomic E-state index is -3.83. The van der Waals surface area contributed by atoms with Crippen LogP contribution in [0, 0.1) is 6.92 Å². The predicted octanol–water partition coefficient (Wildman–Crippen LogP) is 4.06. The van der Waals surface area contributed by atoms with Crippen molar-refractivity contribution in [3.8, 4) is 0 Å². The molecule has 7 nitrogen and oxygen atoms in total. The summed E-state index contributed by atoms with van der Waals surface area (Å²) < 4.78 is 33.3. The molecular weight excluding hydrogens is 398 g/mol. The number of thiophene rings is 1. The summed E-state index contributed by atoms with van der Waals surface area (Å²) in [7, 11) is -3.83. The summed E-state index contributed by atoms with van der Waals surface area (Å²) in [5.41, 5.74) is 2.05. The molecule has 0 amide bonds. The molecular formula is C19H17N3O4S2. The molecule has 2 N–H and O–H groups in total. The number of H-pyrrole nitrogens is 1. The van der Waals surface area contributed by atoms with Gasteiger partial charge in [-0.05, 0) is 49.7 Å². The van der Waals surface area contributed by atoms with Crippen LogP contribution in [-0.4, -0.2) is 31.0 Å². The molecule has 1 aromatic carbocycles. The number of ether oxygens (including phenoxy) is 1. The molecule has 0 fully saturated rings. The number of esters is 1. The number of aromatic amines is 1. The number of anilines is 1. The number of aromatic nitrogens is 2. The third-order valence-corrected chi connectivity index (χ3v) is 6.89. The molecule has 0 aliphatic carbocycles. The number of hydrogen-bond donors (Lipinski definition) is 2. The van der Waals surface area contributed by atoms with Crippen molar-refractivity contribution < 1.29 is 17.9 Å². The summed E-state index contributed by atoms with van der Waals surface area (Å²) in [5.74, 6) is -0.426. The Morgan fingerprint density at radius 1 is 1.29 bits per heavy atom. The highest BCUT2D eigenvalue weighted by Gasteiger charge is 2.21. The zero-order valence-corrected chi connectivity index (χ0v) is 16.8. The molecule has 0 bridgehead atoms. The molecule has 0 saturated heterocycles. The maximum absolute atomic E-state index is 12.8. The maximum Gasteiger partial charge on any atom is 0.348 e. The van der Waals surface area contributed by atoms with Crippen LogP contribution in [0.5, 0.6) is 0 Å². The maximum atomic E-state index is 12.8. The van der Waals surface area contributed by atoms with E-state index < -0.39 is 16.0 Å². The molecule has 9 heteroatoms. The van der Waals surface area contributed by atoms with Gasteiger partial charge in [-0.15, -0.1) is 11.3 Å². The molecule has 0 saturated carbocycles. The summed E-state index contributed by atoms with van der Waals surface area (Å²) in [6, 6.07) is 8.66. The Morgan fingerprint density at radius 2 is 2.11 bits per heavy atom. The quantitative estimate of drug-likeness (QED) is 0.479. The highest BCUT2D eigenvalue weighted by Crippen LogP contribution is 2.32. The zero-order chi connectivity index (χ0) is 19.9. The molecule has 144 valence electrons. The monoisotopic (exact) mass is 415 g/mol. The highest BCUT2D eigenvalue weighted by molar-refractivity contribution is 7.92. The number of sulfonamides is 1. The van der Waals surface area contributed by atoms with E-state index in [0.717, 1.165) is 10.9 Å². The number of carbonyl (C=O) groups is 1.